The third-order valence-corrected chi connectivity index (χ3v) is 5.28. The molecule has 0 spiro atoms. The normalized spacial score (nSPS) is 13.4. The molecule has 2 aromatic heterocycles. The second kappa shape index (κ2) is 6.10. The minimum Gasteiger partial charge on any atom is -0.494 e. The van der Waals surface area contributed by atoms with Gasteiger partial charge in [0.2, 0.25) is 11.0 Å². The van der Waals surface area contributed by atoms with Crippen LogP contribution in [0.3, 0.4) is 0 Å². The summed E-state index contributed by atoms with van der Waals surface area (Å²) in [6.45, 7) is 0. The molecule has 4 aromatic rings. The highest BCUT2D eigenvalue weighted by Crippen LogP contribution is 2.46. The van der Waals surface area contributed by atoms with E-state index in [4.69, 9.17) is 0 Å². The fraction of sp³-hybridized carbons (Fsp3) is 0. The third-order valence-electron chi connectivity index (χ3n) is 4.33. The summed E-state index contributed by atoms with van der Waals surface area (Å²) in [5.41, 5.74) is 1.30. The molecule has 136 valence electrons. The number of carbonyl (C=O) groups is 1. The minimum absolute atomic E-state index is 0.0725. The maximum atomic E-state index is 12.0. The van der Waals surface area contributed by atoms with Gasteiger partial charge in [0.1, 0.15) is 4.88 Å². The van der Waals surface area contributed by atoms with Crippen molar-refractivity contribution in [2.75, 3.05) is 0 Å². The molecule has 3 heterocycles. The molecule has 0 bridgehead atoms. The van der Waals surface area contributed by atoms with Crippen LogP contribution >= 0.6 is 11.3 Å². The Hall–Kier alpha value is -3.85. The van der Waals surface area contributed by atoms with Gasteiger partial charge in [0.15, 0.2) is 11.6 Å². The molecule has 1 aliphatic heterocycles. The number of azo groups is 1. The van der Waals surface area contributed by atoms with Crippen LogP contribution in [0.15, 0.2) is 63.8 Å². The number of thiazole rings is 1. The Bertz CT molecular complexity index is 1420. The quantitative estimate of drug-likeness (QED) is 0.466. The van der Waals surface area contributed by atoms with Gasteiger partial charge >= 0.3 is 0 Å². The van der Waals surface area contributed by atoms with Gasteiger partial charge in [0, 0.05) is 16.1 Å². The molecule has 8 nitrogen and oxygen atoms in total. The highest BCUT2D eigenvalue weighted by molar-refractivity contribution is 7.19. The largest absolute Gasteiger partial charge is 0.494 e. The van der Waals surface area contributed by atoms with Gasteiger partial charge < -0.3 is 15.2 Å². The van der Waals surface area contributed by atoms with E-state index in [1.165, 1.54) is 0 Å². The maximum Gasteiger partial charge on any atom is 0.298 e. The van der Waals surface area contributed by atoms with Gasteiger partial charge in [-0.2, -0.15) is 4.98 Å². The molecule has 0 unspecified atom stereocenters. The molecule has 0 saturated heterocycles. The van der Waals surface area contributed by atoms with Crippen LogP contribution in [0.2, 0.25) is 0 Å². The molecule has 3 N–H and O–H groups in total. The first-order valence-corrected chi connectivity index (χ1v) is 9.07. The van der Waals surface area contributed by atoms with Crippen LogP contribution in [0.4, 0.5) is 5.13 Å². The number of hydrogen-bond acceptors (Lipinski definition) is 7. The van der Waals surface area contributed by atoms with E-state index in [1.54, 1.807) is 24.3 Å². The summed E-state index contributed by atoms with van der Waals surface area (Å²) in [6.07, 6.45) is 0. The van der Waals surface area contributed by atoms with Crippen molar-refractivity contribution in [2.24, 2.45) is 15.2 Å². The summed E-state index contributed by atoms with van der Waals surface area (Å²) >= 11 is 1.06. The summed E-state index contributed by atoms with van der Waals surface area (Å²) in [4.78, 5) is 23.2. The number of rotatable bonds is 3. The summed E-state index contributed by atoms with van der Waals surface area (Å²) in [7, 11) is 0. The number of carbonyl (C=O) groups excluding carboxylic acids is 1. The monoisotopic (exact) mass is 389 g/mol. The lowest BCUT2D eigenvalue weighted by Crippen LogP contribution is -2.21. The Morgan fingerprint density at radius 3 is 2.68 bits per heavy atom. The summed E-state index contributed by atoms with van der Waals surface area (Å²) < 4.78 is 0. The number of amides is 1. The van der Waals surface area contributed by atoms with Crippen molar-refractivity contribution in [1.29, 1.82) is 0 Å². The number of fused-ring (bicyclic) bond motifs is 2. The van der Waals surface area contributed by atoms with Crippen LogP contribution in [0.25, 0.3) is 27.0 Å². The first kappa shape index (κ1) is 16.3. The average Bonchev–Trinajstić information content (AvgIpc) is 3.31. The van der Waals surface area contributed by atoms with Crippen LogP contribution in [0, 0.1) is 0 Å². The van der Waals surface area contributed by atoms with Crippen LogP contribution in [0.5, 0.6) is 11.8 Å². The zero-order valence-corrected chi connectivity index (χ0v) is 14.9. The molecular formula is C19H11N5O3S. The van der Waals surface area contributed by atoms with E-state index in [2.05, 4.69) is 25.2 Å². The molecule has 1 amide bonds. The van der Waals surface area contributed by atoms with Crippen molar-refractivity contribution in [1.82, 2.24) is 9.97 Å². The van der Waals surface area contributed by atoms with Crippen molar-refractivity contribution >= 4 is 39.0 Å². The van der Waals surface area contributed by atoms with Gasteiger partial charge in [0.25, 0.3) is 5.91 Å². The highest BCUT2D eigenvalue weighted by Gasteiger charge is 2.21. The number of aromatic nitrogens is 2. The van der Waals surface area contributed by atoms with E-state index in [0.29, 0.717) is 21.0 Å². The SMILES string of the molecule is O=C1N=c2ccccc2=C1N=Nc1nc(O)c(-c2c(O)[nH]c3ccccc23)s1. The van der Waals surface area contributed by atoms with Crippen molar-refractivity contribution < 1.29 is 15.0 Å². The zero-order chi connectivity index (χ0) is 19.3. The van der Waals surface area contributed by atoms with Crippen molar-refractivity contribution in [3.8, 4) is 22.2 Å². The molecule has 5 rings (SSSR count). The smallest absolute Gasteiger partial charge is 0.298 e. The van der Waals surface area contributed by atoms with Gasteiger partial charge in [0.05, 0.1) is 10.9 Å². The van der Waals surface area contributed by atoms with Gasteiger partial charge in [-0.1, -0.05) is 47.7 Å². The fourth-order valence-electron chi connectivity index (χ4n) is 3.10. The molecular weight excluding hydrogens is 378 g/mol. The van der Waals surface area contributed by atoms with Crippen LogP contribution < -0.4 is 10.6 Å². The fourth-order valence-corrected chi connectivity index (χ4v) is 3.94. The second-order valence-electron chi connectivity index (χ2n) is 6.03. The predicted molar refractivity (Wildman–Crippen MR) is 103 cm³/mol. The lowest BCUT2D eigenvalue weighted by Gasteiger charge is -1.96. The summed E-state index contributed by atoms with van der Waals surface area (Å²) in [5, 5.41) is 30.6. The van der Waals surface area contributed by atoms with Crippen LogP contribution in [0.1, 0.15) is 0 Å². The molecule has 28 heavy (non-hydrogen) atoms. The molecule has 2 aromatic carbocycles. The number of hydrogen-bond donors (Lipinski definition) is 3. The Kier molecular flexibility index (Phi) is 3.56. The van der Waals surface area contributed by atoms with Crippen molar-refractivity contribution in [3.05, 3.63) is 59.1 Å². The number of aromatic hydroxyl groups is 2. The van der Waals surface area contributed by atoms with Crippen molar-refractivity contribution in [3.63, 3.8) is 0 Å². The number of para-hydroxylation sites is 2. The van der Waals surface area contributed by atoms with E-state index >= 15 is 0 Å². The average molecular weight is 389 g/mol. The lowest BCUT2D eigenvalue weighted by molar-refractivity contribution is -0.112. The Balaban J connectivity index is 1.58. The highest BCUT2D eigenvalue weighted by atomic mass is 32.1. The topological polar surface area (TPSA) is 123 Å². The molecule has 1 aliphatic rings. The first-order valence-electron chi connectivity index (χ1n) is 8.26. The number of H-pyrrole nitrogens is 1. The van der Waals surface area contributed by atoms with Crippen LogP contribution in [-0.2, 0) is 4.79 Å². The summed E-state index contributed by atoms with van der Waals surface area (Å²) in [6, 6.07) is 14.4. The second-order valence-corrected chi connectivity index (χ2v) is 7.00. The van der Waals surface area contributed by atoms with Gasteiger partial charge in [-0.25, -0.2) is 4.99 Å². The number of benzene rings is 2. The number of nitrogens with one attached hydrogen (secondary N) is 1. The molecule has 9 heteroatoms. The van der Waals surface area contributed by atoms with Crippen LogP contribution in [-0.4, -0.2) is 26.1 Å². The molecule has 0 saturated carbocycles. The Morgan fingerprint density at radius 2 is 1.79 bits per heavy atom. The lowest BCUT2D eigenvalue weighted by atomic mass is 10.1. The van der Waals surface area contributed by atoms with Gasteiger partial charge in [-0.15, -0.1) is 10.2 Å². The van der Waals surface area contributed by atoms with E-state index in [0.717, 1.165) is 22.2 Å². The van der Waals surface area contributed by atoms with E-state index in [-0.39, 0.29) is 22.6 Å². The van der Waals surface area contributed by atoms with E-state index in [9.17, 15) is 15.0 Å². The predicted octanol–water partition coefficient (Wildman–Crippen LogP) is 2.75. The zero-order valence-electron chi connectivity index (χ0n) is 14.1. The van der Waals surface area contributed by atoms with Crippen molar-refractivity contribution in [2.45, 2.75) is 0 Å². The van der Waals surface area contributed by atoms with E-state index in [1.807, 2.05) is 24.3 Å². The number of aromatic amines is 1. The van der Waals surface area contributed by atoms with Gasteiger partial charge in [-0.05, 0) is 12.1 Å². The van der Waals surface area contributed by atoms with Gasteiger partial charge in [-0.3, -0.25) is 4.79 Å². The molecule has 0 aliphatic carbocycles. The standard InChI is InChI=1S/C19H11N5O3S/c25-16-13(9-5-1-3-7-11(9)20-16)15-18(27)22-19(28-15)24-23-14-10-6-2-4-8-12(10)21-17(14)26/h1-8,20,25,27H. The Morgan fingerprint density at radius 1 is 1.00 bits per heavy atom. The van der Waals surface area contributed by atoms with E-state index < -0.39 is 5.91 Å². The number of nitrogens with zero attached hydrogens (tertiary/aromatic N) is 4. The molecule has 0 fully saturated rings. The third kappa shape index (κ3) is 2.48. The minimum atomic E-state index is -0.472. The maximum absolute atomic E-state index is 12.0. The summed E-state index contributed by atoms with van der Waals surface area (Å²) in [5.74, 6) is -0.816. The molecule has 0 atom stereocenters. The Labute approximate surface area is 160 Å². The molecule has 0 radical (unpaired) electrons. The first-order chi connectivity index (χ1) is 13.6.